The molecule has 0 heterocycles. The van der Waals surface area contributed by atoms with Crippen molar-refractivity contribution >= 4 is 0 Å². The Bertz CT molecular complexity index is 299. The Balaban J connectivity index is 2.51. The number of ether oxygens (including phenoxy) is 2. The summed E-state index contributed by atoms with van der Waals surface area (Å²) in [6, 6.07) is 4.79. The van der Waals surface area contributed by atoms with Crippen LogP contribution in [-0.4, -0.2) is 30.5 Å². The van der Waals surface area contributed by atoms with E-state index in [1.54, 1.807) is 19.2 Å². The molecule has 0 radical (unpaired) electrons. The Morgan fingerprint density at radius 3 is 2.73 bits per heavy atom. The van der Waals surface area contributed by atoms with E-state index in [0.29, 0.717) is 19.0 Å². The van der Waals surface area contributed by atoms with Crippen LogP contribution in [0.5, 0.6) is 11.5 Å². The Morgan fingerprint density at radius 1 is 1.27 bits per heavy atom. The van der Waals surface area contributed by atoms with E-state index in [9.17, 15) is 5.11 Å². The smallest absolute Gasteiger partial charge is 0.161 e. The predicted octanol–water partition coefficient (Wildman–Crippen LogP) is 1.30. The first-order valence-electron chi connectivity index (χ1n) is 4.82. The van der Waals surface area contributed by atoms with Crippen molar-refractivity contribution in [3.8, 4) is 11.5 Å². The van der Waals surface area contributed by atoms with Gasteiger partial charge in [0.1, 0.15) is 0 Å². The molecule has 0 spiro atoms. The summed E-state index contributed by atoms with van der Waals surface area (Å²) in [6.07, 6.45) is 0.763. The predicted molar refractivity (Wildman–Crippen MR) is 56.0 cm³/mol. The summed E-state index contributed by atoms with van der Waals surface area (Å²) in [7, 11) is 1.63. The normalized spacial score (nSPS) is 10.3. The first-order chi connectivity index (χ1) is 7.27. The molecule has 0 aliphatic rings. The van der Waals surface area contributed by atoms with E-state index in [1.807, 2.05) is 0 Å². The maximum Gasteiger partial charge on any atom is 0.161 e. The largest absolute Gasteiger partial charge is 0.504 e. The van der Waals surface area contributed by atoms with Gasteiger partial charge in [-0.3, -0.25) is 0 Å². The molecule has 0 saturated carbocycles. The van der Waals surface area contributed by atoms with Gasteiger partial charge >= 0.3 is 0 Å². The highest BCUT2D eigenvalue weighted by atomic mass is 16.5. The fourth-order valence-electron chi connectivity index (χ4n) is 1.16. The number of aliphatic hydroxyl groups excluding tert-OH is 1. The van der Waals surface area contributed by atoms with Gasteiger partial charge in [-0.1, -0.05) is 6.07 Å². The van der Waals surface area contributed by atoms with E-state index < -0.39 is 0 Å². The first kappa shape index (κ1) is 11.8. The van der Waals surface area contributed by atoms with Crippen molar-refractivity contribution in [3.63, 3.8) is 0 Å². The monoisotopic (exact) mass is 212 g/mol. The second-order valence-electron chi connectivity index (χ2n) is 3.16. The lowest BCUT2D eigenvalue weighted by Gasteiger charge is -2.08. The van der Waals surface area contributed by atoms with Gasteiger partial charge in [0.2, 0.25) is 0 Å². The minimum Gasteiger partial charge on any atom is -0.504 e. The molecule has 0 fully saturated rings. The zero-order chi connectivity index (χ0) is 11.1. The number of rotatable bonds is 6. The van der Waals surface area contributed by atoms with Crippen molar-refractivity contribution in [1.82, 2.24) is 0 Å². The van der Waals surface area contributed by atoms with Crippen LogP contribution in [0.25, 0.3) is 0 Å². The van der Waals surface area contributed by atoms with Crippen LogP contribution in [-0.2, 0) is 11.3 Å². The zero-order valence-corrected chi connectivity index (χ0v) is 8.77. The van der Waals surface area contributed by atoms with Crippen LogP contribution < -0.4 is 4.74 Å². The number of hydrogen-bond donors (Lipinski definition) is 2. The quantitative estimate of drug-likeness (QED) is 0.698. The number of hydrogen-bond acceptors (Lipinski definition) is 4. The fraction of sp³-hybridized carbons (Fsp3) is 0.455. The summed E-state index contributed by atoms with van der Waals surface area (Å²) < 4.78 is 10.2. The van der Waals surface area contributed by atoms with Gasteiger partial charge in [0.15, 0.2) is 11.5 Å². The molecule has 0 atom stereocenters. The molecule has 1 aromatic carbocycles. The third kappa shape index (κ3) is 3.77. The lowest BCUT2D eigenvalue weighted by atomic mass is 10.2. The highest BCUT2D eigenvalue weighted by Crippen LogP contribution is 2.26. The third-order valence-electron chi connectivity index (χ3n) is 1.96. The van der Waals surface area contributed by atoms with Crippen LogP contribution >= 0.6 is 0 Å². The molecule has 84 valence electrons. The van der Waals surface area contributed by atoms with Crippen molar-refractivity contribution in [2.45, 2.75) is 13.0 Å². The molecule has 4 nitrogen and oxygen atoms in total. The minimum absolute atomic E-state index is 0.0608. The Hall–Kier alpha value is -1.26. The van der Waals surface area contributed by atoms with Crippen LogP contribution in [0.2, 0.25) is 0 Å². The van der Waals surface area contributed by atoms with Gasteiger partial charge in [-0.2, -0.15) is 0 Å². The minimum atomic E-state index is -0.0608. The molecular weight excluding hydrogens is 196 g/mol. The summed E-state index contributed by atoms with van der Waals surface area (Å²) >= 11 is 0. The molecule has 4 heteroatoms. The molecule has 2 N–H and O–H groups in total. The Kier molecular flexibility index (Phi) is 4.93. The number of benzene rings is 1. The molecule has 1 rings (SSSR count). The summed E-state index contributed by atoms with van der Waals surface area (Å²) in [4.78, 5) is 0. The second kappa shape index (κ2) is 6.27. The standard InChI is InChI=1S/C11H16O4/c1-14-5-2-6-15-11-7-9(8-12)3-4-10(11)13/h3-4,7,12-13H,2,5-6,8H2,1H3. The number of aromatic hydroxyl groups is 1. The van der Waals surface area contributed by atoms with Gasteiger partial charge in [-0.05, 0) is 17.7 Å². The lowest BCUT2D eigenvalue weighted by Crippen LogP contribution is -2.01. The van der Waals surface area contributed by atoms with Gasteiger partial charge < -0.3 is 19.7 Å². The van der Waals surface area contributed by atoms with E-state index in [1.165, 1.54) is 6.07 Å². The van der Waals surface area contributed by atoms with E-state index in [-0.39, 0.29) is 12.4 Å². The summed E-state index contributed by atoms with van der Waals surface area (Å²) in [5, 5.41) is 18.4. The summed E-state index contributed by atoms with van der Waals surface area (Å²) in [6.45, 7) is 1.05. The van der Waals surface area contributed by atoms with Gasteiger partial charge in [-0.15, -0.1) is 0 Å². The molecule has 0 bridgehead atoms. The van der Waals surface area contributed by atoms with Crippen molar-refractivity contribution in [2.75, 3.05) is 20.3 Å². The Labute approximate surface area is 89.1 Å². The molecule has 1 aromatic rings. The first-order valence-corrected chi connectivity index (χ1v) is 4.82. The maximum absolute atomic E-state index is 9.45. The van der Waals surface area contributed by atoms with Crippen LogP contribution in [0.1, 0.15) is 12.0 Å². The molecular formula is C11H16O4. The molecule has 0 aliphatic carbocycles. The Morgan fingerprint density at radius 2 is 2.07 bits per heavy atom. The van der Waals surface area contributed by atoms with Gasteiger partial charge in [0, 0.05) is 20.1 Å². The van der Waals surface area contributed by atoms with Crippen LogP contribution in [0.15, 0.2) is 18.2 Å². The van der Waals surface area contributed by atoms with Crippen molar-refractivity contribution in [3.05, 3.63) is 23.8 Å². The molecule has 0 saturated heterocycles. The summed E-state index contributed by atoms with van der Waals surface area (Å²) in [5.41, 5.74) is 0.717. The number of methoxy groups -OCH3 is 1. The third-order valence-corrected chi connectivity index (χ3v) is 1.96. The van der Waals surface area contributed by atoms with E-state index in [4.69, 9.17) is 14.6 Å². The fourth-order valence-corrected chi connectivity index (χ4v) is 1.16. The average Bonchev–Trinajstić information content (AvgIpc) is 2.26. The van der Waals surface area contributed by atoms with Gasteiger partial charge in [0.25, 0.3) is 0 Å². The van der Waals surface area contributed by atoms with Crippen molar-refractivity contribution in [1.29, 1.82) is 0 Å². The molecule has 15 heavy (non-hydrogen) atoms. The zero-order valence-electron chi connectivity index (χ0n) is 8.77. The lowest BCUT2D eigenvalue weighted by molar-refractivity contribution is 0.170. The number of aliphatic hydroxyl groups is 1. The van der Waals surface area contributed by atoms with Gasteiger partial charge in [-0.25, -0.2) is 0 Å². The molecule has 0 aromatic heterocycles. The summed E-state index contributed by atoms with van der Waals surface area (Å²) in [5.74, 6) is 0.488. The van der Waals surface area contributed by atoms with Crippen LogP contribution in [0, 0.1) is 0 Å². The van der Waals surface area contributed by atoms with Gasteiger partial charge in [0.05, 0.1) is 13.2 Å². The average molecular weight is 212 g/mol. The highest BCUT2D eigenvalue weighted by molar-refractivity contribution is 5.41. The number of phenolic OH excluding ortho intramolecular Hbond substituents is 1. The maximum atomic E-state index is 9.45. The van der Waals surface area contributed by atoms with E-state index in [2.05, 4.69) is 0 Å². The highest BCUT2D eigenvalue weighted by Gasteiger charge is 2.03. The molecule has 0 amide bonds. The number of phenols is 1. The second-order valence-corrected chi connectivity index (χ2v) is 3.16. The van der Waals surface area contributed by atoms with E-state index >= 15 is 0 Å². The van der Waals surface area contributed by atoms with E-state index in [0.717, 1.165) is 12.0 Å². The molecule has 0 unspecified atom stereocenters. The van der Waals surface area contributed by atoms with Crippen LogP contribution in [0.4, 0.5) is 0 Å². The van der Waals surface area contributed by atoms with Crippen molar-refractivity contribution < 1.29 is 19.7 Å². The van der Waals surface area contributed by atoms with Crippen molar-refractivity contribution in [2.24, 2.45) is 0 Å². The topological polar surface area (TPSA) is 58.9 Å². The molecule has 0 aliphatic heterocycles. The van der Waals surface area contributed by atoms with Crippen LogP contribution in [0.3, 0.4) is 0 Å². The SMILES string of the molecule is COCCCOc1cc(CO)ccc1O.